The second-order valence-corrected chi connectivity index (χ2v) is 5.16. The number of rotatable bonds is 6. The lowest BCUT2D eigenvalue weighted by atomic mass is 10.1. The van der Waals surface area contributed by atoms with Crippen molar-refractivity contribution in [2.24, 2.45) is 0 Å². The second kappa shape index (κ2) is 7.78. The maximum atomic E-state index is 11.9. The van der Waals surface area contributed by atoms with Gasteiger partial charge in [0, 0.05) is 32.6 Å². The van der Waals surface area contributed by atoms with Crippen LogP contribution in [0.5, 0.6) is 0 Å². The topological polar surface area (TPSA) is 58.6 Å². The summed E-state index contributed by atoms with van der Waals surface area (Å²) in [6.45, 7) is 2.96. The minimum atomic E-state index is -0.333. The van der Waals surface area contributed by atoms with Crippen molar-refractivity contribution in [1.82, 2.24) is 10.2 Å². The SMILES string of the molecule is COC(=O)c1ccccc1CNCCC(=O)N1CCCC1. The highest BCUT2D eigenvalue weighted by Gasteiger charge is 2.17. The maximum absolute atomic E-state index is 11.9. The van der Waals surface area contributed by atoms with Gasteiger partial charge in [-0.3, -0.25) is 4.79 Å². The summed E-state index contributed by atoms with van der Waals surface area (Å²) >= 11 is 0. The Hall–Kier alpha value is -1.88. The summed E-state index contributed by atoms with van der Waals surface area (Å²) in [5.74, 6) is -0.123. The van der Waals surface area contributed by atoms with Gasteiger partial charge in [-0.2, -0.15) is 0 Å². The number of methoxy groups -OCH3 is 1. The summed E-state index contributed by atoms with van der Waals surface area (Å²) in [4.78, 5) is 25.4. The molecule has 0 aromatic heterocycles. The molecule has 1 fully saturated rings. The van der Waals surface area contributed by atoms with Gasteiger partial charge in [0.05, 0.1) is 12.7 Å². The van der Waals surface area contributed by atoms with Crippen molar-refractivity contribution in [1.29, 1.82) is 0 Å². The molecule has 0 unspecified atom stereocenters. The molecule has 2 rings (SSSR count). The summed E-state index contributed by atoms with van der Waals surface area (Å²) in [7, 11) is 1.38. The highest BCUT2D eigenvalue weighted by atomic mass is 16.5. The van der Waals surface area contributed by atoms with Crippen molar-refractivity contribution in [3.05, 3.63) is 35.4 Å². The van der Waals surface area contributed by atoms with Crippen LogP contribution in [0.2, 0.25) is 0 Å². The summed E-state index contributed by atoms with van der Waals surface area (Å²) < 4.78 is 4.76. The smallest absolute Gasteiger partial charge is 0.338 e. The van der Waals surface area contributed by atoms with Crippen molar-refractivity contribution in [3.63, 3.8) is 0 Å². The van der Waals surface area contributed by atoms with E-state index in [9.17, 15) is 9.59 Å². The minimum Gasteiger partial charge on any atom is -0.465 e. The molecule has 1 amide bonds. The van der Waals surface area contributed by atoms with E-state index >= 15 is 0 Å². The first-order chi connectivity index (χ1) is 10.2. The van der Waals surface area contributed by atoms with Crippen molar-refractivity contribution in [2.75, 3.05) is 26.7 Å². The predicted octanol–water partition coefficient (Wildman–Crippen LogP) is 1.58. The Morgan fingerprint density at radius 1 is 1.24 bits per heavy atom. The van der Waals surface area contributed by atoms with Crippen molar-refractivity contribution in [2.45, 2.75) is 25.8 Å². The number of carbonyl (C=O) groups excluding carboxylic acids is 2. The Bertz CT molecular complexity index is 496. The molecule has 1 aliphatic rings. The van der Waals surface area contributed by atoms with Crippen LogP contribution >= 0.6 is 0 Å². The van der Waals surface area contributed by atoms with Crippen LogP contribution in [0.4, 0.5) is 0 Å². The summed E-state index contributed by atoms with van der Waals surface area (Å²) in [6, 6.07) is 7.34. The van der Waals surface area contributed by atoms with Crippen molar-refractivity contribution >= 4 is 11.9 Å². The van der Waals surface area contributed by atoms with Crippen molar-refractivity contribution in [3.8, 4) is 0 Å². The Balaban J connectivity index is 1.78. The molecule has 1 aromatic rings. The monoisotopic (exact) mass is 290 g/mol. The van der Waals surface area contributed by atoms with E-state index in [1.807, 2.05) is 23.1 Å². The van der Waals surface area contributed by atoms with Crippen LogP contribution in [-0.4, -0.2) is 43.5 Å². The average Bonchev–Trinajstić information content (AvgIpc) is 3.05. The molecule has 0 saturated carbocycles. The van der Waals surface area contributed by atoms with E-state index < -0.39 is 0 Å². The number of carbonyl (C=O) groups is 2. The van der Waals surface area contributed by atoms with Gasteiger partial charge in [0.15, 0.2) is 0 Å². The molecule has 0 aliphatic carbocycles. The third kappa shape index (κ3) is 4.29. The van der Waals surface area contributed by atoms with Gasteiger partial charge in [0.1, 0.15) is 0 Å². The Morgan fingerprint density at radius 3 is 2.67 bits per heavy atom. The number of nitrogens with one attached hydrogen (secondary N) is 1. The quantitative estimate of drug-likeness (QED) is 0.638. The van der Waals surface area contributed by atoms with Gasteiger partial charge >= 0.3 is 5.97 Å². The van der Waals surface area contributed by atoms with E-state index in [2.05, 4.69) is 5.32 Å². The molecule has 0 bridgehead atoms. The summed E-state index contributed by atoms with van der Waals surface area (Å²) in [5.41, 5.74) is 1.45. The zero-order chi connectivity index (χ0) is 15.1. The van der Waals surface area contributed by atoms with Crippen LogP contribution in [-0.2, 0) is 16.1 Å². The van der Waals surface area contributed by atoms with Gasteiger partial charge in [0.25, 0.3) is 0 Å². The number of nitrogens with zero attached hydrogens (tertiary/aromatic N) is 1. The molecule has 21 heavy (non-hydrogen) atoms. The van der Waals surface area contributed by atoms with Gasteiger partial charge in [-0.1, -0.05) is 18.2 Å². The number of amides is 1. The third-order valence-corrected chi connectivity index (χ3v) is 3.71. The molecule has 1 aromatic carbocycles. The van der Waals surface area contributed by atoms with Crippen LogP contribution in [0.1, 0.15) is 35.2 Å². The average molecular weight is 290 g/mol. The normalized spacial score (nSPS) is 14.2. The molecule has 114 valence electrons. The molecular formula is C16H22N2O3. The van der Waals surface area contributed by atoms with Gasteiger partial charge in [0.2, 0.25) is 5.91 Å². The highest BCUT2D eigenvalue weighted by Crippen LogP contribution is 2.10. The Labute approximate surface area is 125 Å². The van der Waals surface area contributed by atoms with Crippen LogP contribution in [0.15, 0.2) is 24.3 Å². The number of hydrogen-bond acceptors (Lipinski definition) is 4. The Morgan fingerprint density at radius 2 is 1.95 bits per heavy atom. The molecular weight excluding hydrogens is 268 g/mol. The predicted molar refractivity (Wildman–Crippen MR) is 79.9 cm³/mol. The summed E-state index contributed by atoms with van der Waals surface area (Å²) in [5, 5.41) is 3.22. The number of hydrogen-bond donors (Lipinski definition) is 1. The van der Waals surface area contributed by atoms with E-state index in [1.165, 1.54) is 7.11 Å². The van der Waals surface area contributed by atoms with E-state index in [4.69, 9.17) is 4.74 Å². The lowest BCUT2D eigenvalue weighted by molar-refractivity contribution is -0.130. The molecule has 1 aliphatic heterocycles. The largest absolute Gasteiger partial charge is 0.465 e. The van der Waals surface area contributed by atoms with E-state index in [1.54, 1.807) is 6.07 Å². The van der Waals surface area contributed by atoms with Crippen LogP contribution in [0.25, 0.3) is 0 Å². The Kier molecular flexibility index (Phi) is 5.75. The first-order valence-corrected chi connectivity index (χ1v) is 7.37. The first kappa shape index (κ1) is 15.5. The van der Waals surface area contributed by atoms with Gasteiger partial charge in [-0.05, 0) is 24.5 Å². The minimum absolute atomic E-state index is 0.209. The third-order valence-electron chi connectivity index (χ3n) is 3.71. The molecule has 5 nitrogen and oxygen atoms in total. The van der Waals surface area contributed by atoms with Crippen LogP contribution < -0.4 is 5.32 Å². The fourth-order valence-electron chi connectivity index (χ4n) is 2.53. The fraction of sp³-hybridized carbons (Fsp3) is 0.500. The standard InChI is InChI=1S/C16H22N2O3/c1-21-16(20)14-7-3-2-6-13(14)12-17-9-8-15(19)18-10-4-5-11-18/h2-3,6-7,17H,4-5,8-12H2,1H3. The number of benzene rings is 1. The van der Waals surface area contributed by atoms with Crippen LogP contribution in [0.3, 0.4) is 0 Å². The van der Waals surface area contributed by atoms with Gasteiger partial charge < -0.3 is 15.0 Å². The van der Waals surface area contributed by atoms with Crippen LogP contribution in [0, 0.1) is 0 Å². The lowest BCUT2D eigenvalue weighted by Crippen LogP contribution is -2.30. The molecule has 5 heteroatoms. The summed E-state index contributed by atoms with van der Waals surface area (Å²) in [6.07, 6.45) is 2.73. The number of ether oxygens (including phenoxy) is 1. The van der Waals surface area contributed by atoms with E-state index in [-0.39, 0.29) is 11.9 Å². The molecule has 1 N–H and O–H groups in total. The number of likely N-dealkylation sites (tertiary alicyclic amines) is 1. The second-order valence-electron chi connectivity index (χ2n) is 5.16. The van der Waals surface area contributed by atoms with Gasteiger partial charge in [-0.25, -0.2) is 4.79 Å². The highest BCUT2D eigenvalue weighted by molar-refractivity contribution is 5.90. The molecule has 1 saturated heterocycles. The molecule has 0 atom stereocenters. The molecule has 1 heterocycles. The maximum Gasteiger partial charge on any atom is 0.338 e. The fourth-order valence-corrected chi connectivity index (χ4v) is 2.53. The lowest BCUT2D eigenvalue weighted by Gasteiger charge is -2.15. The number of esters is 1. The van der Waals surface area contributed by atoms with Gasteiger partial charge in [-0.15, -0.1) is 0 Å². The molecule has 0 spiro atoms. The van der Waals surface area contributed by atoms with E-state index in [0.717, 1.165) is 31.5 Å². The van der Waals surface area contributed by atoms with Crippen molar-refractivity contribution < 1.29 is 14.3 Å². The zero-order valence-corrected chi connectivity index (χ0v) is 12.4. The van der Waals surface area contributed by atoms with E-state index in [0.29, 0.717) is 25.1 Å². The zero-order valence-electron chi connectivity index (χ0n) is 12.4. The first-order valence-electron chi connectivity index (χ1n) is 7.37. The molecule has 0 radical (unpaired) electrons.